The maximum absolute atomic E-state index is 10.9. The summed E-state index contributed by atoms with van der Waals surface area (Å²) in [4.78, 5) is 21.2. The molecule has 0 aliphatic heterocycles. The van der Waals surface area contributed by atoms with E-state index in [1.165, 1.54) is 12.3 Å². The fourth-order valence-electron chi connectivity index (χ4n) is 1.52. The van der Waals surface area contributed by atoms with Gasteiger partial charge in [0, 0.05) is 6.07 Å². The van der Waals surface area contributed by atoms with Crippen LogP contribution in [0.1, 0.15) is 15.9 Å². The Hall–Kier alpha value is -2.70. The first-order valence-electron chi connectivity index (χ1n) is 5.12. The Kier molecular flexibility index (Phi) is 3.05. The summed E-state index contributed by atoms with van der Waals surface area (Å²) >= 11 is 0. The van der Waals surface area contributed by atoms with Crippen LogP contribution in [0.2, 0.25) is 0 Å². The zero-order valence-electron chi connectivity index (χ0n) is 9.51. The largest absolute Gasteiger partial charge is 0.334 e. The third kappa shape index (κ3) is 2.19. The number of nitrogens with zero attached hydrogens (tertiary/aromatic N) is 2. The third-order valence-electron chi connectivity index (χ3n) is 2.41. The fourth-order valence-corrected chi connectivity index (χ4v) is 1.52. The lowest BCUT2D eigenvalue weighted by atomic mass is 10.2. The molecule has 0 aliphatic rings. The second kappa shape index (κ2) is 4.66. The van der Waals surface area contributed by atoms with Crippen molar-refractivity contribution in [2.75, 3.05) is 5.32 Å². The van der Waals surface area contributed by atoms with Crippen LogP contribution in [0, 0.1) is 17.0 Å². The molecule has 0 amide bonds. The van der Waals surface area contributed by atoms with E-state index in [2.05, 4.69) is 15.5 Å². The smallest absolute Gasteiger partial charge is 0.292 e. The van der Waals surface area contributed by atoms with Crippen molar-refractivity contribution in [1.29, 1.82) is 0 Å². The van der Waals surface area contributed by atoms with E-state index in [1.807, 2.05) is 0 Å². The van der Waals surface area contributed by atoms with Crippen molar-refractivity contribution >= 4 is 23.5 Å². The lowest BCUT2D eigenvalue weighted by molar-refractivity contribution is -0.384. The van der Waals surface area contributed by atoms with Crippen LogP contribution >= 0.6 is 0 Å². The maximum atomic E-state index is 10.9. The molecule has 2 aromatic rings. The van der Waals surface area contributed by atoms with E-state index in [4.69, 9.17) is 0 Å². The number of aromatic nitrogens is 2. The Morgan fingerprint density at radius 1 is 1.50 bits per heavy atom. The molecule has 0 unspecified atom stereocenters. The molecule has 18 heavy (non-hydrogen) atoms. The first-order valence-corrected chi connectivity index (χ1v) is 5.12. The van der Waals surface area contributed by atoms with Crippen molar-refractivity contribution < 1.29 is 9.72 Å². The number of aromatic amines is 1. The molecule has 0 fully saturated rings. The Bertz CT molecular complexity index is 606. The number of H-pyrrole nitrogens is 1. The van der Waals surface area contributed by atoms with E-state index in [9.17, 15) is 14.9 Å². The van der Waals surface area contributed by atoms with E-state index in [0.717, 1.165) is 5.56 Å². The van der Waals surface area contributed by atoms with Gasteiger partial charge in [0.05, 0.1) is 16.7 Å². The van der Waals surface area contributed by atoms with Crippen LogP contribution in [-0.2, 0) is 0 Å². The van der Waals surface area contributed by atoms with Gasteiger partial charge in [-0.05, 0) is 18.6 Å². The normalized spacial score (nSPS) is 10.1. The molecule has 0 radical (unpaired) electrons. The average molecular weight is 246 g/mol. The van der Waals surface area contributed by atoms with E-state index < -0.39 is 4.92 Å². The summed E-state index contributed by atoms with van der Waals surface area (Å²) in [7, 11) is 0. The highest BCUT2D eigenvalue weighted by Crippen LogP contribution is 2.28. The molecule has 1 heterocycles. The summed E-state index contributed by atoms with van der Waals surface area (Å²) in [6.07, 6.45) is 1.96. The van der Waals surface area contributed by atoms with Gasteiger partial charge < -0.3 is 5.32 Å². The molecule has 1 aromatic heterocycles. The molecule has 1 aromatic carbocycles. The van der Waals surface area contributed by atoms with Crippen LogP contribution in [-0.4, -0.2) is 21.4 Å². The molecule has 2 rings (SSSR count). The number of nitrogens with one attached hydrogen (secondary N) is 2. The number of hydrogen-bond acceptors (Lipinski definition) is 5. The number of aldehydes is 1. The van der Waals surface area contributed by atoms with Gasteiger partial charge in [0.25, 0.3) is 5.69 Å². The topological polar surface area (TPSA) is 101 Å². The van der Waals surface area contributed by atoms with Gasteiger partial charge in [-0.2, -0.15) is 5.10 Å². The zero-order chi connectivity index (χ0) is 13.1. The highest BCUT2D eigenvalue weighted by atomic mass is 16.6. The number of benzene rings is 1. The van der Waals surface area contributed by atoms with E-state index in [0.29, 0.717) is 23.4 Å². The molecule has 0 saturated heterocycles. The molecule has 92 valence electrons. The number of nitro benzene ring substituents is 1. The summed E-state index contributed by atoms with van der Waals surface area (Å²) in [5.41, 5.74) is 1.34. The Balaban J connectivity index is 2.40. The minimum Gasteiger partial charge on any atom is -0.334 e. The standard InChI is InChI=1S/C11H10N4O3/c1-7-2-3-9(10(4-7)15(17)18)13-11-8(6-16)5-12-14-11/h2-6H,1H3,(H2,12,13,14). The molecule has 2 N–H and O–H groups in total. The Morgan fingerprint density at radius 3 is 2.94 bits per heavy atom. The maximum Gasteiger partial charge on any atom is 0.292 e. The summed E-state index contributed by atoms with van der Waals surface area (Å²) < 4.78 is 0. The third-order valence-corrected chi connectivity index (χ3v) is 2.41. The lowest BCUT2D eigenvalue weighted by Gasteiger charge is -2.06. The van der Waals surface area contributed by atoms with Crippen LogP contribution in [0.4, 0.5) is 17.2 Å². The Morgan fingerprint density at radius 2 is 2.28 bits per heavy atom. The first kappa shape index (κ1) is 11.8. The summed E-state index contributed by atoms with van der Waals surface area (Å²) in [5.74, 6) is 0.331. The molecule has 7 nitrogen and oxygen atoms in total. The molecule has 0 atom stereocenters. The minimum atomic E-state index is -0.480. The highest BCUT2D eigenvalue weighted by Gasteiger charge is 2.15. The van der Waals surface area contributed by atoms with Gasteiger partial charge in [0.1, 0.15) is 11.5 Å². The average Bonchev–Trinajstić information content (AvgIpc) is 2.78. The number of hydrogen-bond donors (Lipinski definition) is 2. The highest BCUT2D eigenvalue weighted by molar-refractivity contribution is 5.84. The monoisotopic (exact) mass is 246 g/mol. The van der Waals surface area contributed by atoms with Gasteiger partial charge in [-0.15, -0.1) is 0 Å². The van der Waals surface area contributed by atoms with Crippen LogP contribution in [0.25, 0.3) is 0 Å². The van der Waals surface area contributed by atoms with Crippen LogP contribution < -0.4 is 5.32 Å². The second-order valence-corrected chi connectivity index (χ2v) is 3.72. The summed E-state index contributed by atoms with van der Waals surface area (Å²) in [6.45, 7) is 1.77. The molecular weight excluding hydrogens is 236 g/mol. The van der Waals surface area contributed by atoms with Crippen molar-refractivity contribution in [3.05, 3.63) is 45.6 Å². The molecule has 7 heteroatoms. The van der Waals surface area contributed by atoms with E-state index in [-0.39, 0.29) is 5.69 Å². The molecule has 0 saturated carbocycles. The van der Waals surface area contributed by atoms with Crippen molar-refractivity contribution in [2.24, 2.45) is 0 Å². The van der Waals surface area contributed by atoms with Crippen molar-refractivity contribution in [3.63, 3.8) is 0 Å². The summed E-state index contributed by atoms with van der Waals surface area (Å²) in [6, 6.07) is 4.79. The predicted octanol–water partition coefficient (Wildman–Crippen LogP) is 2.18. The second-order valence-electron chi connectivity index (χ2n) is 3.72. The van der Waals surface area contributed by atoms with Gasteiger partial charge in [0.15, 0.2) is 6.29 Å². The number of anilines is 2. The summed E-state index contributed by atoms with van der Waals surface area (Å²) in [5, 5.41) is 20.0. The van der Waals surface area contributed by atoms with Gasteiger partial charge in [0.2, 0.25) is 0 Å². The van der Waals surface area contributed by atoms with Crippen LogP contribution in [0.15, 0.2) is 24.4 Å². The van der Waals surface area contributed by atoms with E-state index >= 15 is 0 Å². The fraction of sp³-hybridized carbons (Fsp3) is 0.0909. The van der Waals surface area contributed by atoms with E-state index in [1.54, 1.807) is 19.1 Å². The van der Waals surface area contributed by atoms with Gasteiger partial charge in [-0.3, -0.25) is 20.0 Å². The number of carbonyl (C=O) groups is 1. The first-order chi connectivity index (χ1) is 8.61. The molecule has 0 aliphatic carbocycles. The predicted molar refractivity (Wildman–Crippen MR) is 65.1 cm³/mol. The van der Waals surface area contributed by atoms with Crippen molar-refractivity contribution in [3.8, 4) is 0 Å². The number of nitro groups is 1. The van der Waals surface area contributed by atoms with Crippen LogP contribution in [0.5, 0.6) is 0 Å². The quantitative estimate of drug-likeness (QED) is 0.489. The minimum absolute atomic E-state index is 0.0542. The van der Waals surface area contributed by atoms with Crippen molar-refractivity contribution in [2.45, 2.75) is 6.92 Å². The van der Waals surface area contributed by atoms with Gasteiger partial charge in [-0.1, -0.05) is 6.07 Å². The molecular formula is C11H10N4O3. The van der Waals surface area contributed by atoms with Crippen LogP contribution in [0.3, 0.4) is 0 Å². The van der Waals surface area contributed by atoms with Gasteiger partial charge in [-0.25, -0.2) is 0 Å². The molecule has 0 bridgehead atoms. The Labute approximate surface area is 102 Å². The molecule has 0 spiro atoms. The van der Waals surface area contributed by atoms with Crippen molar-refractivity contribution in [1.82, 2.24) is 10.2 Å². The number of rotatable bonds is 4. The number of aryl methyl sites for hydroxylation is 1. The lowest BCUT2D eigenvalue weighted by Crippen LogP contribution is -1.99. The zero-order valence-corrected chi connectivity index (χ0v) is 9.51. The van der Waals surface area contributed by atoms with Gasteiger partial charge >= 0.3 is 0 Å². The number of carbonyl (C=O) groups excluding carboxylic acids is 1. The SMILES string of the molecule is Cc1ccc(Nc2[nH]ncc2C=O)c([N+](=O)[O-])c1.